The first-order valence-corrected chi connectivity index (χ1v) is 6.27. The van der Waals surface area contributed by atoms with Gasteiger partial charge in [0.25, 0.3) is 0 Å². The number of nitrogens with two attached hydrogens (primary N) is 1. The molecule has 0 aliphatic rings. The molecule has 1 heterocycles. The van der Waals surface area contributed by atoms with E-state index in [1.807, 2.05) is 25.2 Å². The molecule has 0 spiro atoms. The van der Waals surface area contributed by atoms with Crippen molar-refractivity contribution in [2.75, 3.05) is 7.05 Å². The molecule has 2 nitrogen and oxygen atoms in total. The van der Waals surface area contributed by atoms with Gasteiger partial charge in [-0.05, 0) is 35.0 Å². The fraction of sp³-hybridized carbons (Fsp3) is 0.231. The Kier molecular flexibility index (Phi) is 3.72. The van der Waals surface area contributed by atoms with Crippen molar-refractivity contribution in [1.29, 1.82) is 0 Å². The lowest BCUT2D eigenvalue weighted by Crippen LogP contribution is -2.28. The van der Waals surface area contributed by atoms with Gasteiger partial charge in [0.1, 0.15) is 0 Å². The van der Waals surface area contributed by atoms with Crippen molar-refractivity contribution in [3.05, 3.63) is 58.3 Å². The largest absolute Gasteiger partial charge is 0.322 e. The molecule has 2 aromatic rings. The Morgan fingerprint density at radius 3 is 2.44 bits per heavy atom. The molecule has 3 N–H and O–H groups in total. The third-order valence-electron chi connectivity index (χ3n) is 2.76. The summed E-state index contributed by atoms with van der Waals surface area (Å²) in [5, 5.41) is 7.51. The van der Waals surface area contributed by atoms with Gasteiger partial charge in [-0.2, -0.15) is 11.3 Å². The van der Waals surface area contributed by atoms with E-state index < -0.39 is 0 Å². The van der Waals surface area contributed by atoms with Gasteiger partial charge >= 0.3 is 0 Å². The second-order valence-corrected chi connectivity index (χ2v) is 4.54. The number of hydrogen-bond acceptors (Lipinski definition) is 3. The van der Waals surface area contributed by atoms with Crippen LogP contribution in [0.25, 0.3) is 0 Å². The number of likely N-dealkylation sites (N-methyl/N-ethyl adjacent to an activating group) is 1. The maximum atomic E-state index is 6.28. The van der Waals surface area contributed by atoms with E-state index in [0.29, 0.717) is 0 Å². The molecule has 1 aromatic heterocycles. The molecule has 3 heteroatoms. The van der Waals surface area contributed by atoms with Crippen LogP contribution in [-0.4, -0.2) is 7.05 Å². The molecular formula is C13H16N2S. The number of hydrogen-bond donors (Lipinski definition) is 2. The molecule has 0 saturated heterocycles. The van der Waals surface area contributed by atoms with Crippen molar-refractivity contribution in [3.8, 4) is 0 Å². The predicted molar refractivity (Wildman–Crippen MR) is 69.5 cm³/mol. The van der Waals surface area contributed by atoms with Crippen LogP contribution < -0.4 is 11.1 Å². The summed E-state index contributed by atoms with van der Waals surface area (Å²) >= 11 is 1.70. The van der Waals surface area contributed by atoms with Gasteiger partial charge in [0.15, 0.2) is 0 Å². The van der Waals surface area contributed by atoms with Gasteiger partial charge < -0.3 is 11.1 Å². The second kappa shape index (κ2) is 5.25. The molecule has 0 aliphatic carbocycles. The number of nitrogens with one attached hydrogen (secondary N) is 1. The molecule has 2 rings (SSSR count). The zero-order chi connectivity index (χ0) is 11.4. The number of benzene rings is 1. The Bertz CT molecular complexity index is 411. The summed E-state index contributed by atoms with van der Waals surface area (Å²) in [6.45, 7) is 0. The average molecular weight is 232 g/mol. The van der Waals surface area contributed by atoms with Crippen LogP contribution in [0.2, 0.25) is 0 Å². The van der Waals surface area contributed by atoms with Crippen molar-refractivity contribution >= 4 is 11.3 Å². The summed E-state index contributed by atoms with van der Waals surface area (Å²) in [7, 11) is 1.95. The highest BCUT2D eigenvalue weighted by molar-refractivity contribution is 7.07. The topological polar surface area (TPSA) is 38.0 Å². The third-order valence-corrected chi connectivity index (χ3v) is 3.46. The zero-order valence-electron chi connectivity index (χ0n) is 9.26. The molecule has 0 radical (unpaired) electrons. The summed E-state index contributed by atoms with van der Waals surface area (Å²) in [4.78, 5) is 0. The minimum Gasteiger partial charge on any atom is -0.322 e. The highest BCUT2D eigenvalue weighted by Gasteiger charge is 2.19. The summed E-state index contributed by atoms with van der Waals surface area (Å²) in [6.07, 6.45) is 0. The maximum Gasteiger partial charge on any atom is 0.0522 e. The SMILES string of the molecule is CNC(c1ccsc1)C(N)c1ccccc1. The summed E-state index contributed by atoms with van der Waals surface area (Å²) < 4.78 is 0. The quantitative estimate of drug-likeness (QED) is 0.850. The number of thiophene rings is 1. The van der Waals surface area contributed by atoms with Crippen LogP contribution >= 0.6 is 11.3 Å². The van der Waals surface area contributed by atoms with Gasteiger partial charge in [-0.25, -0.2) is 0 Å². The summed E-state index contributed by atoms with van der Waals surface area (Å²) in [5.74, 6) is 0. The molecule has 84 valence electrons. The van der Waals surface area contributed by atoms with E-state index in [-0.39, 0.29) is 12.1 Å². The van der Waals surface area contributed by atoms with Crippen LogP contribution in [0.1, 0.15) is 23.2 Å². The van der Waals surface area contributed by atoms with E-state index in [2.05, 4.69) is 34.3 Å². The molecule has 0 amide bonds. The van der Waals surface area contributed by atoms with Crippen molar-refractivity contribution < 1.29 is 0 Å². The van der Waals surface area contributed by atoms with Gasteiger partial charge in [0.2, 0.25) is 0 Å². The Morgan fingerprint density at radius 1 is 1.12 bits per heavy atom. The summed E-state index contributed by atoms with van der Waals surface area (Å²) in [5.41, 5.74) is 8.70. The van der Waals surface area contributed by atoms with E-state index in [0.717, 1.165) is 5.56 Å². The van der Waals surface area contributed by atoms with E-state index in [9.17, 15) is 0 Å². The van der Waals surface area contributed by atoms with Gasteiger partial charge in [0, 0.05) is 6.04 Å². The standard InChI is InChI=1S/C13H16N2S/c1-15-13(11-7-8-16-9-11)12(14)10-5-3-2-4-6-10/h2-9,12-13,15H,14H2,1H3. The second-order valence-electron chi connectivity index (χ2n) is 3.76. The molecule has 0 saturated carbocycles. The molecule has 0 aliphatic heterocycles. The minimum absolute atomic E-state index is 0.0131. The maximum absolute atomic E-state index is 6.28. The van der Waals surface area contributed by atoms with Gasteiger partial charge in [-0.3, -0.25) is 0 Å². The molecule has 0 bridgehead atoms. The van der Waals surface area contributed by atoms with Crippen LogP contribution in [-0.2, 0) is 0 Å². The lowest BCUT2D eigenvalue weighted by molar-refractivity contribution is 0.492. The lowest BCUT2D eigenvalue weighted by Gasteiger charge is -2.23. The fourth-order valence-electron chi connectivity index (χ4n) is 1.87. The monoisotopic (exact) mass is 232 g/mol. The van der Waals surface area contributed by atoms with Crippen molar-refractivity contribution in [3.63, 3.8) is 0 Å². The number of rotatable bonds is 4. The molecule has 0 fully saturated rings. The highest BCUT2D eigenvalue weighted by Crippen LogP contribution is 2.27. The molecule has 16 heavy (non-hydrogen) atoms. The van der Waals surface area contributed by atoms with Gasteiger partial charge in [-0.1, -0.05) is 30.3 Å². The predicted octanol–water partition coefficient (Wildman–Crippen LogP) is 2.71. The fourth-order valence-corrected chi connectivity index (χ4v) is 2.57. The normalized spacial score (nSPS) is 14.6. The Hall–Kier alpha value is -1.16. The Balaban J connectivity index is 2.23. The smallest absolute Gasteiger partial charge is 0.0522 e. The van der Waals surface area contributed by atoms with Gasteiger partial charge in [0.05, 0.1) is 6.04 Å². The average Bonchev–Trinajstić information content (AvgIpc) is 2.85. The van der Waals surface area contributed by atoms with Crippen LogP contribution in [0, 0.1) is 0 Å². The van der Waals surface area contributed by atoms with E-state index in [4.69, 9.17) is 5.73 Å². The van der Waals surface area contributed by atoms with Crippen molar-refractivity contribution in [2.24, 2.45) is 5.73 Å². The third kappa shape index (κ3) is 2.32. The Labute approximate surface area is 100 Å². The van der Waals surface area contributed by atoms with E-state index in [1.54, 1.807) is 11.3 Å². The first-order chi connectivity index (χ1) is 7.83. The van der Waals surface area contributed by atoms with Crippen LogP contribution in [0.4, 0.5) is 0 Å². The van der Waals surface area contributed by atoms with Crippen LogP contribution in [0.15, 0.2) is 47.2 Å². The van der Waals surface area contributed by atoms with Crippen LogP contribution in [0.3, 0.4) is 0 Å². The first-order valence-electron chi connectivity index (χ1n) is 5.33. The van der Waals surface area contributed by atoms with Crippen LogP contribution in [0.5, 0.6) is 0 Å². The highest BCUT2D eigenvalue weighted by atomic mass is 32.1. The lowest BCUT2D eigenvalue weighted by atomic mass is 9.96. The van der Waals surface area contributed by atoms with E-state index >= 15 is 0 Å². The first kappa shape index (κ1) is 11.3. The van der Waals surface area contributed by atoms with E-state index in [1.165, 1.54) is 5.56 Å². The van der Waals surface area contributed by atoms with Crippen molar-refractivity contribution in [2.45, 2.75) is 12.1 Å². The summed E-state index contributed by atoms with van der Waals surface area (Å²) in [6, 6.07) is 12.5. The molecule has 2 unspecified atom stereocenters. The molecule has 2 atom stereocenters. The van der Waals surface area contributed by atoms with Gasteiger partial charge in [-0.15, -0.1) is 0 Å². The molecule has 1 aromatic carbocycles. The zero-order valence-corrected chi connectivity index (χ0v) is 10.1. The van der Waals surface area contributed by atoms with Crippen molar-refractivity contribution in [1.82, 2.24) is 5.32 Å². The Morgan fingerprint density at radius 2 is 1.88 bits per heavy atom. The minimum atomic E-state index is -0.0131. The molecular weight excluding hydrogens is 216 g/mol.